The lowest BCUT2D eigenvalue weighted by molar-refractivity contribution is -0.166. The molecule has 1 aliphatic carbocycles. The Morgan fingerprint density at radius 2 is 1.89 bits per heavy atom. The summed E-state index contributed by atoms with van der Waals surface area (Å²) >= 11 is 0. The first kappa shape index (κ1) is 12.9. The van der Waals surface area contributed by atoms with Crippen LogP contribution in [0.2, 0.25) is 0 Å². The monoisotopic (exact) mass is 270 g/mol. The fraction of sp³-hybridized carbons (Fsp3) is 0.571. The summed E-state index contributed by atoms with van der Waals surface area (Å²) in [4.78, 5) is 0. The molecular weight excluding hydrogens is 253 g/mol. The van der Waals surface area contributed by atoms with E-state index in [4.69, 9.17) is 0 Å². The van der Waals surface area contributed by atoms with Gasteiger partial charge < -0.3 is 10.6 Å². The number of fused-ring (bicyclic) bond motifs is 1. The minimum absolute atomic E-state index is 0.0784. The molecule has 104 valence electrons. The van der Waals surface area contributed by atoms with Crippen molar-refractivity contribution in [3.8, 4) is 0 Å². The van der Waals surface area contributed by atoms with E-state index < -0.39 is 11.7 Å². The van der Waals surface area contributed by atoms with Crippen molar-refractivity contribution in [3.05, 3.63) is 35.4 Å². The van der Waals surface area contributed by atoms with Crippen LogP contribution < -0.4 is 10.6 Å². The molecule has 5 heteroatoms. The molecule has 0 aromatic heterocycles. The zero-order chi connectivity index (χ0) is 13.5. The van der Waals surface area contributed by atoms with Crippen LogP contribution in [0.3, 0.4) is 0 Å². The third kappa shape index (κ3) is 2.49. The zero-order valence-electron chi connectivity index (χ0n) is 10.6. The summed E-state index contributed by atoms with van der Waals surface area (Å²) in [5.74, 6) is 0. The second-order valence-electron chi connectivity index (χ2n) is 5.51. The number of nitrogens with one attached hydrogen (secondary N) is 2. The van der Waals surface area contributed by atoms with E-state index >= 15 is 0 Å². The van der Waals surface area contributed by atoms with E-state index in [-0.39, 0.29) is 18.9 Å². The Morgan fingerprint density at radius 1 is 1.21 bits per heavy atom. The van der Waals surface area contributed by atoms with Crippen LogP contribution in [0.15, 0.2) is 24.3 Å². The van der Waals surface area contributed by atoms with Gasteiger partial charge in [0.05, 0.1) is 0 Å². The molecule has 2 nitrogen and oxygen atoms in total. The Hall–Kier alpha value is -1.07. The summed E-state index contributed by atoms with van der Waals surface area (Å²) in [6, 6.07) is 8.16. The Kier molecular flexibility index (Phi) is 3.06. The van der Waals surface area contributed by atoms with Gasteiger partial charge in [-0.25, -0.2) is 0 Å². The van der Waals surface area contributed by atoms with Gasteiger partial charge >= 0.3 is 6.18 Å². The van der Waals surface area contributed by atoms with Crippen molar-refractivity contribution in [1.82, 2.24) is 10.6 Å². The van der Waals surface area contributed by atoms with Gasteiger partial charge in [-0.05, 0) is 30.4 Å². The molecule has 1 saturated carbocycles. The first-order chi connectivity index (χ1) is 9.00. The van der Waals surface area contributed by atoms with Crippen molar-refractivity contribution in [2.24, 2.45) is 0 Å². The lowest BCUT2D eigenvalue weighted by atomic mass is 9.96. The van der Waals surface area contributed by atoms with Crippen LogP contribution in [0.4, 0.5) is 13.2 Å². The first-order valence-electron chi connectivity index (χ1n) is 6.62. The highest BCUT2D eigenvalue weighted by Crippen LogP contribution is 2.48. The lowest BCUT2D eigenvalue weighted by Gasteiger charge is -2.29. The van der Waals surface area contributed by atoms with Gasteiger partial charge in [-0.1, -0.05) is 24.3 Å². The minimum Gasteiger partial charge on any atom is -0.308 e. The van der Waals surface area contributed by atoms with Crippen LogP contribution >= 0.6 is 0 Å². The van der Waals surface area contributed by atoms with Crippen molar-refractivity contribution in [3.63, 3.8) is 0 Å². The molecule has 2 N–H and O–H groups in total. The number of hydrogen-bond donors (Lipinski definition) is 2. The van der Waals surface area contributed by atoms with Crippen LogP contribution in [-0.2, 0) is 13.0 Å². The van der Waals surface area contributed by atoms with Crippen molar-refractivity contribution >= 4 is 0 Å². The third-order valence-electron chi connectivity index (χ3n) is 4.15. The number of rotatable bonds is 3. The Morgan fingerprint density at radius 3 is 2.53 bits per heavy atom. The Bertz CT molecular complexity index is 466. The van der Waals surface area contributed by atoms with Crippen LogP contribution in [0.25, 0.3) is 0 Å². The molecule has 1 unspecified atom stereocenters. The average molecular weight is 270 g/mol. The largest absolute Gasteiger partial charge is 0.406 e. The first-order valence-corrected chi connectivity index (χ1v) is 6.62. The van der Waals surface area contributed by atoms with Crippen LogP contribution in [-0.4, -0.2) is 24.3 Å². The molecule has 0 bridgehead atoms. The number of benzene rings is 1. The molecule has 0 amide bonds. The van der Waals surface area contributed by atoms with Gasteiger partial charge in [-0.2, -0.15) is 13.2 Å². The summed E-state index contributed by atoms with van der Waals surface area (Å²) in [7, 11) is 0. The standard InChI is InChI=1S/C14H17F3N2/c15-14(16,17)13(5-6-13)19-9-12-7-10-3-1-2-4-11(10)8-18-12/h1-4,12,18-19H,5-9H2. The molecule has 0 saturated heterocycles. The van der Waals surface area contributed by atoms with Crippen molar-refractivity contribution in [2.75, 3.05) is 6.54 Å². The molecule has 1 fully saturated rings. The number of hydrogen-bond acceptors (Lipinski definition) is 2. The maximum Gasteiger partial charge on any atom is 0.406 e. The fourth-order valence-electron chi connectivity index (χ4n) is 2.67. The maximum absolute atomic E-state index is 12.8. The Balaban J connectivity index is 1.59. The molecule has 1 aliphatic heterocycles. The van der Waals surface area contributed by atoms with Crippen LogP contribution in [0, 0.1) is 0 Å². The summed E-state index contributed by atoms with van der Waals surface area (Å²) in [6.45, 7) is 1.11. The fourth-order valence-corrected chi connectivity index (χ4v) is 2.67. The van der Waals surface area contributed by atoms with Gasteiger partial charge in [0.25, 0.3) is 0 Å². The van der Waals surface area contributed by atoms with Crippen molar-refractivity contribution in [2.45, 2.75) is 43.6 Å². The molecular formula is C14H17F3N2. The van der Waals surface area contributed by atoms with Gasteiger partial charge in [-0.3, -0.25) is 0 Å². The molecule has 19 heavy (non-hydrogen) atoms. The predicted octanol–water partition coefficient (Wildman–Crippen LogP) is 2.39. The van der Waals surface area contributed by atoms with Crippen LogP contribution in [0.1, 0.15) is 24.0 Å². The molecule has 1 heterocycles. The quantitative estimate of drug-likeness (QED) is 0.881. The minimum atomic E-state index is -4.13. The molecule has 1 atom stereocenters. The molecule has 0 spiro atoms. The summed E-state index contributed by atoms with van der Waals surface area (Å²) in [5.41, 5.74) is 0.881. The molecule has 1 aromatic rings. The highest BCUT2D eigenvalue weighted by molar-refractivity contribution is 5.30. The number of halogens is 3. The summed E-state index contributed by atoms with van der Waals surface area (Å²) < 4.78 is 38.4. The topological polar surface area (TPSA) is 24.1 Å². The van der Waals surface area contributed by atoms with E-state index in [1.807, 2.05) is 12.1 Å². The van der Waals surface area contributed by atoms with E-state index in [1.54, 1.807) is 0 Å². The smallest absolute Gasteiger partial charge is 0.308 e. The molecule has 3 rings (SSSR count). The highest BCUT2D eigenvalue weighted by Gasteiger charge is 2.63. The van der Waals surface area contributed by atoms with Gasteiger partial charge in [0.1, 0.15) is 5.54 Å². The Labute approximate surface area is 110 Å². The van der Waals surface area contributed by atoms with E-state index in [1.165, 1.54) is 11.1 Å². The number of alkyl halides is 3. The van der Waals surface area contributed by atoms with E-state index in [0.717, 1.165) is 13.0 Å². The van der Waals surface area contributed by atoms with Crippen molar-refractivity contribution < 1.29 is 13.2 Å². The average Bonchev–Trinajstić information content (AvgIpc) is 3.17. The third-order valence-corrected chi connectivity index (χ3v) is 4.15. The SMILES string of the molecule is FC(F)(F)C1(NCC2Cc3ccccc3CN2)CC1. The van der Waals surface area contributed by atoms with Crippen molar-refractivity contribution in [1.29, 1.82) is 0 Å². The lowest BCUT2D eigenvalue weighted by Crippen LogP contribution is -2.51. The maximum atomic E-state index is 12.8. The molecule has 1 aromatic carbocycles. The van der Waals surface area contributed by atoms with Gasteiger partial charge in [0.2, 0.25) is 0 Å². The van der Waals surface area contributed by atoms with E-state index in [0.29, 0.717) is 6.54 Å². The van der Waals surface area contributed by atoms with Gasteiger partial charge in [0, 0.05) is 19.1 Å². The molecule has 0 radical (unpaired) electrons. The second-order valence-corrected chi connectivity index (χ2v) is 5.51. The molecule has 2 aliphatic rings. The zero-order valence-corrected chi connectivity index (χ0v) is 10.6. The predicted molar refractivity (Wildman–Crippen MR) is 66.8 cm³/mol. The van der Waals surface area contributed by atoms with Gasteiger partial charge in [0.15, 0.2) is 0 Å². The van der Waals surface area contributed by atoms with E-state index in [2.05, 4.69) is 22.8 Å². The summed E-state index contributed by atoms with van der Waals surface area (Å²) in [6.07, 6.45) is -2.92. The second kappa shape index (κ2) is 4.49. The highest BCUT2D eigenvalue weighted by atomic mass is 19.4. The summed E-state index contributed by atoms with van der Waals surface area (Å²) in [5, 5.41) is 6.02. The van der Waals surface area contributed by atoms with E-state index in [9.17, 15) is 13.2 Å². The van der Waals surface area contributed by atoms with Crippen LogP contribution in [0.5, 0.6) is 0 Å². The normalized spacial score (nSPS) is 24.9. The van der Waals surface area contributed by atoms with Gasteiger partial charge in [-0.15, -0.1) is 0 Å².